The fraction of sp³-hybridized carbons (Fsp3) is 0.0769. The molecule has 0 heterocycles. The molecule has 0 radical (unpaired) electrons. The van der Waals surface area contributed by atoms with Crippen molar-refractivity contribution >= 4 is 7.12 Å². The molecule has 0 bridgehead atoms. The highest BCUT2D eigenvalue weighted by Crippen LogP contribution is 2.18. The lowest BCUT2D eigenvalue weighted by Crippen LogP contribution is -2.16. The van der Waals surface area contributed by atoms with Gasteiger partial charge in [0.25, 0.3) is 0 Å². The summed E-state index contributed by atoms with van der Waals surface area (Å²) in [6, 6.07) is 8.80. The van der Waals surface area contributed by atoms with Crippen LogP contribution in [0.2, 0.25) is 0 Å². The molecule has 0 saturated carbocycles. The number of allylic oxidation sites excluding steroid dienone is 4. The van der Waals surface area contributed by atoms with Crippen molar-refractivity contribution < 1.29 is 19.2 Å². The van der Waals surface area contributed by atoms with E-state index in [9.17, 15) is 4.39 Å². The number of hydrogen-bond donors (Lipinski definition) is 2. The molecule has 0 aliphatic heterocycles. The van der Waals surface area contributed by atoms with Gasteiger partial charge >= 0.3 is 7.12 Å². The van der Waals surface area contributed by atoms with Crippen LogP contribution in [0.3, 0.4) is 0 Å². The van der Waals surface area contributed by atoms with Crippen molar-refractivity contribution in [2.24, 2.45) is 0 Å². The van der Waals surface area contributed by atoms with Gasteiger partial charge in [0, 0.05) is 5.47 Å². The zero-order chi connectivity index (χ0) is 13.5. The van der Waals surface area contributed by atoms with E-state index in [-0.39, 0.29) is 11.2 Å². The van der Waals surface area contributed by atoms with Crippen LogP contribution in [0.5, 0.6) is 5.75 Å². The van der Waals surface area contributed by atoms with Crippen LogP contribution in [0.4, 0.5) is 4.39 Å². The molecular formula is C13H14BFO3. The summed E-state index contributed by atoms with van der Waals surface area (Å²) in [5, 5.41) is 18.1. The third kappa shape index (κ3) is 4.20. The lowest BCUT2D eigenvalue weighted by Gasteiger charge is -2.07. The molecule has 94 valence electrons. The Bertz CT molecular complexity index is 466. The van der Waals surface area contributed by atoms with Gasteiger partial charge in [0.2, 0.25) is 0 Å². The minimum Gasteiger partial charge on any atom is -0.458 e. The second-order valence-electron chi connectivity index (χ2n) is 3.49. The zero-order valence-electron chi connectivity index (χ0n) is 10.0. The average molecular weight is 248 g/mol. The van der Waals surface area contributed by atoms with Gasteiger partial charge in [0.05, 0.1) is 0 Å². The van der Waals surface area contributed by atoms with Crippen molar-refractivity contribution in [3.63, 3.8) is 0 Å². The van der Waals surface area contributed by atoms with E-state index in [4.69, 9.17) is 14.8 Å². The second-order valence-corrected chi connectivity index (χ2v) is 3.49. The van der Waals surface area contributed by atoms with Gasteiger partial charge in [0.1, 0.15) is 17.3 Å². The largest absolute Gasteiger partial charge is 0.491 e. The molecule has 0 aliphatic rings. The van der Waals surface area contributed by atoms with Gasteiger partial charge in [0.15, 0.2) is 0 Å². The Morgan fingerprint density at radius 2 is 1.94 bits per heavy atom. The predicted octanol–water partition coefficient (Wildman–Crippen LogP) is 2.39. The lowest BCUT2D eigenvalue weighted by atomic mass is 9.78. The van der Waals surface area contributed by atoms with Gasteiger partial charge in [-0.05, 0) is 25.1 Å². The molecule has 3 nitrogen and oxygen atoms in total. The van der Waals surface area contributed by atoms with Crippen molar-refractivity contribution in [2.45, 2.75) is 6.92 Å². The summed E-state index contributed by atoms with van der Waals surface area (Å²) < 4.78 is 18.6. The molecule has 2 N–H and O–H groups in total. The molecule has 1 aromatic carbocycles. The highest BCUT2D eigenvalue weighted by molar-refractivity contribution is 6.52. The number of benzene rings is 1. The van der Waals surface area contributed by atoms with E-state index < -0.39 is 12.9 Å². The van der Waals surface area contributed by atoms with Crippen molar-refractivity contribution in [2.75, 3.05) is 0 Å². The predicted molar refractivity (Wildman–Crippen MR) is 69.3 cm³/mol. The average Bonchev–Trinajstić information content (AvgIpc) is 2.36. The molecule has 0 spiro atoms. The van der Waals surface area contributed by atoms with Crippen molar-refractivity contribution in [3.8, 4) is 5.75 Å². The first kappa shape index (κ1) is 14.2. The van der Waals surface area contributed by atoms with E-state index in [1.165, 1.54) is 6.92 Å². The molecule has 1 aromatic rings. The first-order valence-corrected chi connectivity index (χ1v) is 5.36. The van der Waals surface area contributed by atoms with Crippen LogP contribution in [0.1, 0.15) is 6.92 Å². The molecule has 0 fully saturated rings. The van der Waals surface area contributed by atoms with E-state index in [0.29, 0.717) is 5.75 Å². The summed E-state index contributed by atoms with van der Waals surface area (Å²) in [5.74, 6) is -0.0875. The number of para-hydroxylation sites is 1. The second kappa shape index (κ2) is 6.78. The van der Waals surface area contributed by atoms with Crippen molar-refractivity contribution in [3.05, 3.63) is 66.1 Å². The van der Waals surface area contributed by atoms with E-state index in [1.54, 1.807) is 24.3 Å². The highest BCUT2D eigenvalue weighted by atomic mass is 19.1. The maximum Gasteiger partial charge on any atom is 0.491 e. The van der Waals surface area contributed by atoms with Crippen LogP contribution in [-0.2, 0) is 0 Å². The fourth-order valence-electron chi connectivity index (χ4n) is 1.28. The monoisotopic (exact) mass is 248 g/mol. The van der Waals surface area contributed by atoms with Gasteiger partial charge in [-0.25, -0.2) is 4.39 Å². The standard InChI is InChI=1S/C13H14BFO3/c1-3-13(15)12(14(16)17)9-10(2)18-11-7-5-4-6-8-11/h3-9,16-17H,2H2,1H3/b12-9+,13-3+. The van der Waals surface area contributed by atoms with E-state index in [2.05, 4.69) is 6.58 Å². The number of ether oxygens (including phenoxy) is 1. The van der Waals surface area contributed by atoms with Crippen LogP contribution in [0, 0.1) is 0 Å². The minimum absolute atomic E-state index is 0.112. The lowest BCUT2D eigenvalue weighted by molar-refractivity contribution is 0.413. The van der Waals surface area contributed by atoms with Gasteiger partial charge in [-0.15, -0.1) is 0 Å². The van der Waals surface area contributed by atoms with Gasteiger partial charge in [-0.2, -0.15) is 0 Å². The molecular weight excluding hydrogens is 234 g/mol. The molecule has 5 heteroatoms. The van der Waals surface area contributed by atoms with Crippen molar-refractivity contribution in [1.82, 2.24) is 0 Å². The molecule has 0 unspecified atom stereocenters. The fourth-order valence-corrected chi connectivity index (χ4v) is 1.28. The molecule has 1 rings (SSSR count). The summed E-state index contributed by atoms with van der Waals surface area (Å²) in [7, 11) is -1.92. The Morgan fingerprint density at radius 3 is 2.44 bits per heavy atom. The third-order valence-electron chi connectivity index (χ3n) is 2.12. The third-order valence-corrected chi connectivity index (χ3v) is 2.12. The van der Waals surface area contributed by atoms with Crippen LogP contribution >= 0.6 is 0 Å². The SMILES string of the molecule is C=C(/C=C(B(O)O)\C(F)=C/C)Oc1ccccc1. The maximum atomic E-state index is 13.3. The van der Waals surface area contributed by atoms with Crippen LogP contribution < -0.4 is 4.74 Å². The molecule has 0 aromatic heterocycles. The Morgan fingerprint density at radius 1 is 1.33 bits per heavy atom. The molecule has 0 amide bonds. The molecule has 0 aliphatic carbocycles. The summed E-state index contributed by atoms with van der Waals surface area (Å²) in [6.07, 6.45) is 2.27. The van der Waals surface area contributed by atoms with Crippen LogP contribution in [-0.4, -0.2) is 17.2 Å². The topological polar surface area (TPSA) is 49.7 Å². The summed E-state index contributed by atoms with van der Waals surface area (Å²) >= 11 is 0. The van der Waals surface area contributed by atoms with Crippen LogP contribution in [0.15, 0.2) is 66.1 Å². The minimum atomic E-state index is -1.92. The number of rotatable bonds is 5. The molecule has 18 heavy (non-hydrogen) atoms. The Hall–Kier alpha value is -1.85. The Labute approximate surface area is 106 Å². The summed E-state index contributed by atoms with van der Waals surface area (Å²) in [6.45, 7) is 5.02. The van der Waals surface area contributed by atoms with E-state index >= 15 is 0 Å². The molecule has 0 atom stereocenters. The quantitative estimate of drug-likeness (QED) is 0.478. The van der Waals surface area contributed by atoms with E-state index in [1.807, 2.05) is 6.07 Å². The van der Waals surface area contributed by atoms with Gasteiger partial charge in [-0.1, -0.05) is 30.9 Å². The Kier molecular flexibility index (Phi) is 5.36. The van der Waals surface area contributed by atoms with Crippen LogP contribution in [0.25, 0.3) is 0 Å². The zero-order valence-corrected chi connectivity index (χ0v) is 10.0. The maximum absolute atomic E-state index is 13.3. The summed E-state index contributed by atoms with van der Waals surface area (Å²) in [4.78, 5) is 0. The normalized spacial score (nSPS) is 12.2. The first-order valence-electron chi connectivity index (χ1n) is 5.36. The van der Waals surface area contributed by atoms with Gasteiger partial charge < -0.3 is 14.8 Å². The number of hydrogen-bond acceptors (Lipinski definition) is 3. The smallest absolute Gasteiger partial charge is 0.458 e. The molecule has 0 saturated heterocycles. The number of halogens is 1. The van der Waals surface area contributed by atoms with E-state index in [0.717, 1.165) is 12.2 Å². The van der Waals surface area contributed by atoms with Crippen molar-refractivity contribution in [1.29, 1.82) is 0 Å². The highest BCUT2D eigenvalue weighted by Gasteiger charge is 2.19. The Balaban J connectivity index is 2.83. The van der Waals surface area contributed by atoms with Gasteiger partial charge in [-0.3, -0.25) is 0 Å². The first-order chi connectivity index (χ1) is 8.54. The summed E-state index contributed by atoms with van der Waals surface area (Å²) in [5.41, 5.74) is -0.293.